The van der Waals surface area contributed by atoms with Gasteiger partial charge in [-0.25, -0.2) is 0 Å². The van der Waals surface area contributed by atoms with Crippen LogP contribution in [0.3, 0.4) is 0 Å². The maximum absolute atomic E-state index is 3.37. The van der Waals surface area contributed by atoms with Gasteiger partial charge in [-0.1, -0.05) is 100 Å². The van der Waals surface area contributed by atoms with Gasteiger partial charge in [-0.2, -0.15) is 0 Å². The fraction of sp³-hybridized carbons (Fsp3) is 0.418. The zero-order chi connectivity index (χ0) is 42.3. The lowest BCUT2D eigenvalue weighted by Crippen LogP contribution is -2.27. The fourth-order valence-electron chi connectivity index (χ4n) is 10.5. The van der Waals surface area contributed by atoms with Gasteiger partial charge in [0.1, 0.15) is 0 Å². The summed E-state index contributed by atoms with van der Waals surface area (Å²) < 4.78 is 0. The van der Waals surface area contributed by atoms with Crippen molar-refractivity contribution in [3.05, 3.63) is 162 Å². The number of rotatable bonds is 6. The second-order valence-electron chi connectivity index (χ2n) is 19.1. The third-order valence-electron chi connectivity index (χ3n) is 13.8. The summed E-state index contributed by atoms with van der Waals surface area (Å²) in [5.74, 6) is 0. The highest BCUT2D eigenvalue weighted by Crippen LogP contribution is 2.63. The Labute approximate surface area is 351 Å². The van der Waals surface area contributed by atoms with Gasteiger partial charge in [0.2, 0.25) is 0 Å². The van der Waals surface area contributed by atoms with Crippen molar-refractivity contribution >= 4 is 21.5 Å². The van der Waals surface area contributed by atoms with Crippen LogP contribution in [-0.4, -0.2) is 21.1 Å². The Morgan fingerprint density at radius 1 is 0.414 bits per heavy atom. The molecule has 0 radical (unpaired) electrons. The molecule has 6 aromatic rings. The molecule has 3 N–H and O–H groups in total. The first kappa shape index (κ1) is 43.3. The molecule has 58 heavy (non-hydrogen) atoms. The molecular weight excluding hydrogens is 703 g/mol. The Morgan fingerprint density at radius 2 is 0.828 bits per heavy atom. The molecule has 0 bridgehead atoms. The summed E-state index contributed by atoms with van der Waals surface area (Å²) in [6.45, 7) is 30.4. The van der Waals surface area contributed by atoms with Crippen LogP contribution in [0.1, 0.15) is 124 Å². The minimum absolute atomic E-state index is 0.159. The second-order valence-corrected chi connectivity index (χ2v) is 19.1. The molecule has 2 aliphatic rings. The number of aryl methyl sites for hydroxylation is 8. The summed E-state index contributed by atoms with van der Waals surface area (Å²) in [4.78, 5) is 0. The predicted molar refractivity (Wildman–Crippen MR) is 253 cm³/mol. The SMILES string of the molecule is CNCc1cc(C)c(C)cc1C.CNCc1cc2c(cc1C)C(C)(C)CC21CC(C)(C)c2cc(C)c(C)cc21.CNCc1ccc2c(C)c3ccccc3c(C)c2c1. The quantitative estimate of drug-likeness (QED) is 0.148. The van der Waals surface area contributed by atoms with E-state index in [1.165, 1.54) is 95.6 Å². The van der Waals surface area contributed by atoms with E-state index in [2.05, 4.69) is 178 Å². The lowest BCUT2D eigenvalue weighted by atomic mass is 9.72. The van der Waals surface area contributed by atoms with Gasteiger partial charge in [0, 0.05) is 25.0 Å². The topological polar surface area (TPSA) is 36.1 Å². The molecule has 6 aromatic carbocycles. The van der Waals surface area contributed by atoms with Crippen LogP contribution >= 0.6 is 0 Å². The van der Waals surface area contributed by atoms with Gasteiger partial charge in [-0.05, 0) is 211 Å². The van der Waals surface area contributed by atoms with Crippen LogP contribution in [0.4, 0.5) is 0 Å². The largest absolute Gasteiger partial charge is 0.316 e. The van der Waals surface area contributed by atoms with Gasteiger partial charge in [0.15, 0.2) is 0 Å². The highest BCUT2D eigenvalue weighted by Gasteiger charge is 2.56. The number of hydrogen-bond acceptors (Lipinski definition) is 3. The van der Waals surface area contributed by atoms with Crippen molar-refractivity contribution in [1.29, 1.82) is 0 Å². The summed E-state index contributed by atoms with van der Waals surface area (Å²) in [6.07, 6.45) is 2.44. The molecule has 306 valence electrons. The predicted octanol–water partition coefficient (Wildman–Crippen LogP) is 12.6. The lowest BCUT2D eigenvalue weighted by Gasteiger charge is -2.31. The molecule has 1 spiro atoms. The van der Waals surface area contributed by atoms with Crippen LogP contribution in [0.2, 0.25) is 0 Å². The summed E-state index contributed by atoms with van der Waals surface area (Å²) >= 11 is 0. The first-order valence-corrected chi connectivity index (χ1v) is 21.6. The number of hydrogen-bond donors (Lipinski definition) is 3. The average molecular weight is 774 g/mol. The van der Waals surface area contributed by atoms with Crippen LogP contribution in [0, 0.1) is 55.4 Å². The summed E-state index contributed by atoms with van der Waals surface area (Å²) in [5.41, 5.74) is 22.3. The zero-order valence-electron chi connectivity index (χ0n) is 38.5. The molecule has 0 amide bonds. The van der Waals surface area contributed by atoms with Crippen molar-refractivity contribution in [2.45, 2.75) is 132 Å². The molecule has 0 saturated carbocycles. The first-order valence-electron chi connectivity index (χ1n) is 21.6. The zero-order valence-corrected chi connectivity index (χ0v) is 38.5. The Balaban J connectivity index is 0.000000159. The number of benzene rings is 6. The van der Waals surface area contributed by atoms with Crippen LogP contribution in [-0.2, 0) is 35.9 Å². The van der Waals surface area contributed by atoms with E-state index in [1.54, 1.807) is 22.3 Å². The molecule has 3 heteroatoms. The van der Waals surface area contributed by atoms with Gasteiger partial charge < -0.3 is 16.0 Å². The molecule has 0 saturated heterocycles. The molecule has 3 nitrogen and oxygen atoms in total. The van der Waals surface area contributed by atoms with Gasteiger partial charge in [-0.15, -0.1) is 0 Å². The molecule has 2 aliphatic carbocycles. The monoisotopic (exact) mass is 774 g/mol. The lowest BCUT2D eigenvalue weighted by molar-refractivity contribution is 0.349. The second kappa shape index (κ2) is 16.8. The molecule has 0 aromatic heterocycles. The fourth-order valence-corrected chi connectivity index (χ4v) is 10.5. The third-order valence-corrected chi connectivity index (χ3v) is 13.8. The highest BCUT2D eigenvalue weighted by molar-refractivity contribution is 6.05. The molecule has 0 heterocycles. The van der Waals surface area contributed by atoms with Gasteiger partial charge in [0.05, 0.1) is 0 Å². The summed E-state index contributed by atoms with van der Waals surface area (Å²) in [7, 11) is 6.02. The maximum Gasteiger partial charge on any atom is 0.0225 e. The molecule has 1 unspecified atom stereocenters. The van der Waals surface area contributed by atoms with Crippen molar-refractivity contribution in [1.82, 2.24) is 16.0 Å². The third kappa shape index (κ3) is 8.03. The van der Waals surface area contributed by atoms with Crippen molar-refractivity contribution in [3.8, 4) is 0 Å². The standard InChI is InChI=1S/C26H35N.C18H19N.C11H17N/c1-16-9-20-22(10-17(16)2)26(14-24(20,4)5)15-25(6,7)21-11-18(3)19(13-27-8)12-23(21)26;1-12-15-6-4-5-7-16(15)13(2)18-10-14(11-19-3)8-9-17(12)18;1-8-5-10(3)11(7-12-4)6-9(8)2/h9-12,27H,13-15H2,1-8H3;4-10,19H,11H2,1-3H3;5-6,12H,7H2,1-4H3. The molecular formula is C55H71N3. The van der Waals surface area contributed by atoms with Crippen molar-refractivity contribution in [2.75, 3.05) is 21.1 Å². The number of nitrogens with one attached hydrogen (secondary N) is 3. The van der Waals surface area contributed by atoms with E-state index in [0.29, 0.717) is 0 Å². The molecule has 8 rings (SSSR count). The van der Waals surface area contributed by atoms with E-state index < -0.39 is 0 Å². The van der Waals surface area contributed by atoms with Gasteiger partial charge in [0.25, 0.3) is 0 Å². The van der Waals surface area contributed by atoms with Crippen LogP contribution in [0.15, 0.2) is 78.9 Å². The van der Waals surface area contributed by atoms with Crippen LogP contribution in [0.25, 0.3) is 21.5 Å². The van der Waals surface area contributed by atoms with E-state index in [9.17, 15) is 0 Å². The smallest absolute Gasteiger partial charge is 0.0225 e. The Kier molecular flexibility index (Phi) is 12.5. The van der Waals surface area contributed by atoms with E-state index >= 15 is 0 Å². The van der Waals surface area contributed by atoms with Gasteiger partial charge >= 0.3 is 0 Å². The van der Waals surface area contributed by atoms with Crippen molar-refractivity contribution in [3.63, 3.8) is 0 Å². The highest BCUT2D eigenvalue weighted by atomic mass is 14.8. The summed E-state index contributed by atoms with van der Waals surface area (Å²) in [6, 6.07) is 30.0. The van der Waals surface area contributed by atoms with Crippen molar-refractivity contribution in [2.24, 2.45) is 0 Å². The number of fused-ring (bicyclic) bond motifs is 6. The maximum atomic E-state index is 3.37. The Morgan fingerprint density at radius 3 is 1.38 bits per heavy atom. The van der Waals surface area contributed by atoms with E-state index in [-0.39, 0.29) is 16.2 Å². The van der Waals surface area contributed by atoms with Crippen LogP contribution < -0.4 is 16.0 Å². The van der Waals surface area contributed by atoms with Crippen LogP contribution in [0.5, 0.6) is 0 Å². The van der Waals surface area contributed by atoms with E-state index in [1.807, 2.05) is 21.1 Å². The molecule has 1 atom stereocenters. The molecule has 0 fully saturated rings. The van der Waals surface area contributed by atoms with Crippen molar-refractivity contribution < 1.29 is 0 Å². The minimum Gasteiger partial charge on any atom is -0.316 e. The average Bonchev–Trinajstić information content (AvgIpc) is 3.52. The Bertz CT molecular complexity index is 2480. The molecule has 0 aliphatic heterocycles. The van der Waals surface area contributed by atoms with E-state index in [4.69, 9.17) is 0 Å². The normalized spacial score (nSPS) is 17.2. The minimum atomic E-state index is 0.159. The first-order chi connectivity index (χ1) is 27.4. The Hall–Kier alpha value is -4.28. The van der Waals surface area contributed by atoms with E-state index in [0.717, 1.165) is 19.6 Å². The summed E-state index contributed by atoms with van der Waals surface area (Å²) in [5, 5.41) is 15.2. The van der Waals surface area contributed by atoms with Gasteiger partial charge in [-0.3, -0.25) is 0 Å².